The monoisotopic (exact) mass is 229 g/mol. The number of hydrogen-bond donors (Lipinski definition) is 1. The third-order valence-corrected chi connectivity index (χ3v) is 2.89. The molecule has 2 rings (SSSR count). The Balaban J connectivity index is 2.16. The van der Waals surface area contributed by atoms with Gasteiger partial charge in [0.1, 0.15) is 0 Å². The molecule has 1 aromatic heterocycles. The van der Waals surface area contributed by atoms with Crippen molar-refractivity contribution < 1.29 is 13.6 Å². The zero-order valence-electron chi connectivity index (χ0n) is 8.91. The Morgan fingerprint density at radius 2 is 2.44 bits per heavy atom. The average molecular weight is 229 g/mol. The summed E-state index contributed by atoms with van der Waals surface area (Å²) in [5, 5.41) is 6.42. The smallest absolute Gasteiger partial charge is 0.315 e. The summed E-state index contributed by atoms with van der Waals surface area (Å²) >= 11 is 0. The van der Waals surface area contributed by atoms with Gasteiger partial charge in [0.2, 0.25) is 0 Å². The number of hydrogen-bond acceptors (Lipinski definition) is 2. The molecule has 1 N–H and O–H groups in total. The molecule has 1 aliphatic rings. The number of alkyl halides is 2. The number of carbonyl (C=O) groups excluding carboxylic acids is 1. The van der Waals surface area contributed by atoms with Crippen LogP contribution in [0, 0.1) is 0 Å². The largest absolute Gasteiger partial charge is 0.344 e. The Kier molecular flexibility index (Phi) is 2.89. The van der Waals surface area contributed by atoms with E-state index in [1.165, 1.54) is 0 Å². The Bertz CT molecular complexity index is 403. The molecule has 0 radical (unpaired) electrons. The van der Waals surface area contributed by atoms with Crippen LogP contribution in [0.5, 0.6) is 0 Å². The first kappa shape index (κ1) is 11.0. The number of aromatic nitrogens is 2. The maximum absolute atomic E-state index is 12.1. The van der Waals surface area contributed by atoms with Crippen LogP contribution >= 0.6 is 0 Å². The average Bonchev–Trinajstić information content (AvgIpc) is 2.62. The Labute approximate surface area is 91.6 Å². The highest BCUT2D eigenvalue weighted by molar-refractivity contribution is 5.79. The van der Waals surface area contributed by atoms with E-state index in [9.17, 15) is 13.6 Å². The molecule has 0 saturated carbocycles. The Hall–Kier alpha value is -1.46. The molecule has 88 valence electrons. The molecule has 0 saturated heterocycles. The lowest BCUT2D eigenvalue weighted by Crippen LogP contribution is -2.34. The summed E-state index contributed by atoms with van der Waals surface area (Å²) in [6.07, 6.45) is 1.14. The predicted molar refractivity (Wildman–Crippen MR) is 53.0 cm³/mol. The molecule has 1 amide bonds. The molecule has 0 spiro atoms. The van der Waals surface area contributed by atoms with Crippen molar-refractivity contribution in [2.24, 2.45) is 7.05 Å². The number of nitrogens with zero attached hydrogens (tertiary/aromatic N) is 2. The lowest BCUT2D eigenvalue weighted by atomic mass is 9.93. The standard InChI is InChI=1S/C10H13F2N3O/c1-15-8-4-2-3-7(6(8)5-13-15)14-10(16)9(11)12/h5,7,9H,2-4H2,1H3,(H,14,16). The first-order valence-electron chi connectivity index (χ1n) is 5.19. The molecule has 0 fully saturated rings. The molecular formula is C10H13F2N3O. The second-order valence-electron chi connectivity index (χ2n) is 3.92. The lowest BCUT2D eigenvalue weighted by molar-refractivity contribution is -0.132. The van der Waals surface area contributed by atoms with Crippen molar-refractivity contribution in [2.75, 3.05) is 0 Å². The van der Waals surface area contributed by atoms with E-state index in [1.807, 2.05) is 7.05 Å². The van der Waals surface area contributed by atoms with E-state index in [0.717, 1.165) is 24.1 Å². The van der Waals surface area contributed by atoms with Gasteiger partial charge in [0, 0.05) is 18.3 Å². The number of nitrogens with one attached hydrogen (secondary N) is 1. The van der Waals surface area contributed by atoms with Crippen molar-refractivity contribution >= 4 is 5.91 Å². The van der Waals surface area contributed by atoms with E-state index in [4.69, 9.17) is 0 Å². The van der Waals surface area contributed by atoms with Crippen LogP contribution in [0.2, 0.25) is 0 Å². The summed E-state index contributed by atoms with van der Waals surface area (Å²) in [7, 11) is 1.82. The fraction of sp³-hybridized carbons (Fsp3) is 0.600. The molecular weight excluding hydrogens is 216 g/mol. The third kappa shape index (κ3) is 1.91. The summed E-state index contributed by atoms with van der Waals surface area (Å²) in [5.74, 6) is -1.21. The van der Waals surface area contributed by atoms with E-state index in [-0.39, 0.29) is 6.04 Å². The van der Waals surface area contributed by atoms with Crippen LogP contribution in [0.3, 0.4) is 0 Å². The maximum Gasteiger partial charge on any atom is 0.315 e. The molecule has 1 atom stereocenters. The topological polar surface area (TPSA) is 46.9 Å². The Morgan fingerprint density at radius 3 is 3.12 bits per heavy atom. The van der Waals surface area contributed by atoms with Crippen LogP contribution in [-0.2, 0) is 18.3 Å². The Morgan fingerprint density at radius 1 is 1.69 bits per heavy atom. The van der Waals surface area contributed by atoms with Gasteiger partial charge < -0.3 is 5.32 Å². The van der Waals surface area contributed by atoms with Crippen LogP contribution in [0.4, 0.5) is 8.78 Å². The second-order valence-corrected chi connectivity index (χ2v) is 3.92. The number of fused-ring (bicyclic) bond motifs is 1. The molecule has 0 aromatic carbocycles. The maximum atomic E-state index is 12.1. The van der Waals surface area contributed by atoms with Crippen molar-refractivity contribution in [1.82, 2.24) is 15.1 Å². The molecule has 1 aliphatic carbocycles. The molecule has 4 nitrogen and oxygen atoms in total. The van der Waals surface area contributed by atoms with Gasteiger partial charge in [-0.2, -0.15) is 13.9 Å². The van der Waals surface area contributed by atoms with Crippen LogP contribution in [0.15, 0.2) is 6.20 Å². The van der Waals surface area contributed by atoms with Gasteiger partial charge >= 0.3 is 6.43 Å². The first-order valence-corrected chi connectivity index (χ1v) is 5.19. The zero-order chi connectivity index (χ0) is 11.7. The molecule has 0 aliphatic heterocycles. The van der Waals surface area contributed by atoms with Crippen molar-refractivity contribution in [1.29, 1.82) is 0 Å². The van der Waals surface area contributed by atoms with Gasteiger partial charge in [-0.3, -0.25) is 9.48 Å². The number of carbonyl (C=O) groups is 1. The van der Waals surface area contributed by atoms with Crippen molar-refractivity contribution in [3.63, 3.8) is 0 Å². The van der Waals surface area contributed by atoms with Gasteiger partial charge in [-0.05, 0) is 19.3 Å². The second kappa shape index (κ2) is 4.19. The quantitative estimate of drug-likeness (QED) is 0.827. The first-order chi connectivity index (χ1) is 7.59. The molecule has 6 heteroatoms. The zero-order valence-corrected chi connectivity index (χ0v) is 8.91. The minimum Gasteiger partial charge on any atom is -0.344 e. The van der Waals surface area contributed by atoms with Gasteiger partial charge in [0.25, 0.3) is 5.91 Å². The fourth-order valence-corrected chi connectivity index (χ4v) is 2.09. The minimum atomic E-state index is -2.96. The number of aryl methyl sites for hydroxylation is 1. The highest BCUT2D eigenvalue weighted by atomic mass is 19.3. The predicted octanol–water partition coefficient (Wildman–Crippen LogP) is 1.18. The van der Waals surface area contributed by atoms with Crippen molar-refractivity contribution in [3.05, 3.63) is 17.5 Å². The van der Waals surface area contributed by atoms with Crippen molar-refractivity contribution in [3.8, 4) is 0 Å². The normalized spacial score (nSPS) is 19.6. The van der Waals surface area contributed by atoms with E-state index in [0.29, 0.717) is 6.42 Å². The summed E-state index contributed by atoms with van der Waals surface area (Å²) in [6.45, 7) is 0. The van der Waals surface area contributed by atoms with Gasteiger partial charge in [-0.25, -0.2) is 0 Å². The van der Waals surface area contributed by atoms with Gasteiger partial charge in [-0.15, -0.1) is 0 Å². The highest BCUT2D eigenvalue weighted by Gasteiger charge is 2.27. The van der Waals surface area contributed by atoms with Gasteiger partial charge in [-0.1, -0.05) is 0 Å². The third-order valence-electron chi connectivity index (χ3n) is 2.89. The summed E-state index contributed by atoms with van der Waals surface area (Å²) in [4.78, 5) is 10.9. The van der Waals surface area contributed by atoms with Crippen LogP contribution in [0.1, 0.15) is 30.1 Å². The van der Waals surface area contributed by atoms with Crippen LogP contribution in [0.25, 0.3) is 0 Å². The van der Waals surface area contributed by atoms with Gasteiger partial charge in [0.15, 0.2) is 0 Å². The van der Waals surface area contributed by atoms with Crippen molar-refractivity contribution in [2.45, 2.75) is 31.7 Å². The number of rotatable bonds is 2. The summed E-state index contributed by atoms with van der Waals surface area (Å²) < 4.78 is 26.0. The summed E-state index contributed by atoms with van der Waals surface area (Å²) in [6, 6.07) is -0.320. The van der Waals surface area contributed by atoms with E-state index < -0.39 is 12.3 Å². The minimum absolute atomic E-state index is 0.320. The molecule has 1 heterocycles. The molecule has 0 bridgehead atoms. The van der Waals surface area contributed by atoms with E-state index in [1.54, 1.807) is 10.9 Å². The van der Waals surface area contributed by atoms with E-state index in [2.05, 4.69) is 10.4 Å². The number of amides is 1. The van der Waals surface area contributed by atoms with Crippen LogP contribution in [-0.4, -0.2) is 22.1 Å². The number of halogens is 2. The molecule has 16 heavy (non-hydrogen) atoms. The van der Waals surface area contributed by atoms with Crippen LogP contribution < -0.4 is 5.32 Å². The molecule has 1 aromatic rings. The SMILES string of the molecule is Cn1ncc2c1CCCC2NC(=O)C(F)F. The highest BCUT2D eigenvalue weighted by Crippen LogP contribution is 2.29. The van der Waals surface area contributed by atoms with E-state index >= 15 is 0 Å². The van der Waals surface area contributed by atoms with Gasteiger partial charge in [0.05, 0.1) is 12.2 Å². The lowest BCUT2D eigenvalue weighted by Gasteiger charge is -2.23. The summed E-state index contributed by atoms with van der Waals surface area (Å²) in [5.41, 5.74) is 1.88. The fourth-order valence-electron chi connectivity index (χ4n) is 2.09. The molecule has 1 unspecified atom stereocenters.